The summed E-state index contributed by atoms with van der Waals surface area (Å²) in [6, 6.07) is 13.1. The molecule has 5 heteroatoms. The number of hydrogen-bond acceptors (Lipinski definition) is 3. The van der Waals surface area contributed by atoms with Crippen molar-refractivity contribution in [3.05, 3.63) is 66.0 Å². The Balaban J connectivity index is 1.52. The van der Waals surface area contributed by atoms with Crippen molar-refractivity contribution < 1.29 is 9.59 Å². The van der Waals surface area contributed by atoms with Gasteiger partial charge in [-0.25, -0.2) is 4.79 Å². The van der Waals surface area contributed by atoms with Crippen molar-refractivity contribution in [3.8, 4) is 0 Å². The summed E-state index contributed by atoms with van der Waals surface area (Å²) in [5.74, 6) is 0.190. The number of nitrogens with one attached hydrogen (secondary N) is 1. The molecule has 3 rings (SSSR count). The Bertz CT molecular complexity index is 710. The molecule has 0 bridgehead atoms. The van der Waals surface area contributed by atoms with Crippen LogP contribution in [0.5, 0.6) is 0 Å². The van der Waals surface area contributed by atoms with E-state index in [0.717, 1.165) is 11.1 Å². The molecule has 2 amide bonds. The van der Waals surface area contributed by atoms with Crippen LogP contribution < -0.4 is 5.32 Å². The van der Waals surface area contributed by atoms with Gasteiger partial charge in [-0.1, -0.05) is 30.3 Å². The molecular formula is C20H23N3O2. The maximum atomic E-state index is 12.5. The highest BCUT2D eigenvalue weighted by Gasteiger charge is 2.28. The third-order valence-electron chi connectivity index (χ3n) is 4.76. The standard InChI is InChI=1S/C20H23N3O2/c1-15(16-7-11-21-12-8-16)22-20(25)23-13-9-18(10-14-23)19(24)17-5-3-2-4-6-17/h2-8,11-12,15,18H,9-10,13-14H2,1H3,(H,22,25). The lowest BCUT2D eigenvalue weighted by atomic mass is 9.89. The van der Waals surface area contributed by atoms with Crippen molar-refractivity contribution in [2.75, 3.05) is 13.1 Å². The monoisotopic (exact) mass is 337 g/mol. The smallest absolute Gasteiger partial charge is 0.317 e. The van der Waals surface area contributed by atoms with E-state index >= 15 is 0 Å². The van der Waals surface area contributed by atoms with Gasteiger partial charge in [-0.3, -0.25) is 9.78 Å². The van der Waals surface area contributed by atoms with Crippen LogP contribution in [-0.4, -0.2) is 34.8 Å². The molecule has 1 unspecified atom stereocenters. The topological polar surface area (TPSA) is 62.3 Å². The number of benzene rings is 1. The van der Waals surface area contributed by atoms with E-state index in [2.05, 4.69) is 10.3 Å². The Hall–Kier alpha value is -2.69. The SMILES string of the molecule is CC(NC(=O)N1CCC(C(=O)c2ccccc2)CC1)c1ccncc1. The number of urea groups is 1. The molecule has 0 aliphatic carbocycles. The van der Waals surface area contributed by atoms with Gasteiger partial charge in [0, 0.05) is 37.0 Å². The fourth-order valence-corrected chi connectivity index (χ4v) is 3.19. The molecule has 1 aromatic carbocycles. The fraction of sp³-hybridized carbons (Fsp3) is 0.350. The van der Waals surface area contributed by atoms with E-state index in [0.29, 0.717) is 25.9 Å². The second kappa shape index (κ2) is 7.92. The maximum absolute atomic E-state index is 12.5. The summed E-state index contributed by atoms with van der Waals surface area (Å²) in [5, 5.41) is 3.02. The van der Waals surface area contributed by atoms with Crippen LogP contribution in [0.4, 0.5) is 4.79 Å². The van der Waals surface area contributed by atoms with Gasteiger partial charge in [-0.15, -0.1) is 0 Å². The summed E-state index contributed by atoms with van der Waals surface area (Å²) in [6.45, 7) is 3.18. The number of nitrogens with zero attached hydrogens (tertiary/aromatic N) is 2. The number of ketones is 1. The van der Waals surface area contributed by atoms with E-state index in [9.17, 15) is 9.59 Å². The van der Waals surface area contributed by atoms with E-state index in [-0.39, 0.29) is 23.8 Å². The number of hydrogen-bond donors (Lipinski definition) is 1. The van der Waals surface area contributed by atoms with Gasteiger partial charge in [-0.05, 0) is 37.5 Å². The lowest BCUT2D eigenvalue weighted by Crippen LogP contribution is -2.46. The third-order valence-corrected chi connectivity index (χ3v) is 4.76. The average molecular weight is 337 g/mol. The van der Waals surface area contributed by atoms with Gasteiger partial charge in [0.25, 0.3) is 0 Å². The number of pyridine rings is 1. The quantitative estimate of drug-likeness (QED) is 0.869. The van der Waals surface area contributed by atoms with Crippen LogP contribution in [0, 0.1) is 5.92 Å². The first-order valence-corrected chi connectivity index (χ1v) is 8.70. The van der Waals surface area contributed by atoms with Gasteiger partial charge in [0.15, 0.2) is 5.78 Å². The fourth-order valence-electron chi connectivity index (χ4n) is 3.19. The minimum atomic E-state index is -0.0741. The van der Waals surface area contributed by atoms with Crippen LogP contribution in [0.25, 0.3) is 0 Å². The van der Waals surface area contributed by atoms with Gasteiger partial charge < -0.3 is 10.2 Å². The minimum Gasteiger partial charge on any atom is -0.331 e. The molecule has 2 heterocycles. The second-order valence-corrected chi connectivity index (χ2v) is 6.44. The maximum Gasteiger partial charge on any atom is 0.317 e. The number of Topliss-reactive ketones (excluding diaryl/α,β-unsaturated/α-hetero) is 1. The Morgan fingerprint density at radius 2 is 1.72 bits per heavy atom. The molecule has 1 N–H and O–H groups in total. The van der Waals surface area contributed by atoms with Gasteiger partial charge in [0.05, 0.1) is 6.04 Å². The van der Waals surface area contributed by atoms with Crippen LogP contribution in [0.1, 0.15) is 41.7 Å². The molecule has 2 aromatic rings. The highest BCUT2D eigenvalue weighted by molar-refractivity contribution is 5.97. The van der Waals surface area contributed by atoms with E-state index in [1.54, 1.807) is 17.3 Å². The molecule has 1 fully saturated rings. The van der Waals surface area contributed by atoms with Crippen molar-refractivity contribution in [2.45, 2.75) is 25.8 Å². The molecular weight excluding hydrogens is 314 g/mol. The molecule has 1 saturated heterocycles. The number of piperidine rings is 1. The van der Waals surface area contributed by atoms with Crippen molar-refractivity contribution in [1.29, 1.82) is 0 Å². The van der Waals surface area contributed by atoms with Crippen molar-refractivity contribution in [2.24, 2.45) is 5.92 Å². The van der Waals surface area contributed by atoms with Gasteiger partial charge >= 0.3 is 6.03 Å². The number of carbonyl (C=O) groups excluding carboxylic acids is 2. The highest BCUT2D eigenvalue weighted by atomic mass is 16.2. The Labute approximate surface area is 148 Å². The van der Waals surface area contributed by atoms with Crippen LogP contribution in [0.3, 0.4) is 0 Å². The number of aromatic nitrogens is 1. The third kappa shape index (κ3) is 4.24. The highest BCUT2D eigenvalue weighted by Crippen LogP contribution is 2.22. The Morgan fingerprint density at radius 1 is 1.08 bits per heavy atom. The zero-order valence-corrected chi connectivity index (χ0v) is 14.4. The summed E-state index contributed by atoms with van der Waals surface area (Å²) < 4.78 is 0. The molecule has 1 atom stereocenters. The molecule has 25 heavy (non-hydrogen) atoms. The van der Waals surface area contributed by atoms with Crippen LogP contribution in [0.15, 0.2) is 54.9 Å². The van der Waals surface area contributed by atoms with Gasteiger partial charge in [0.1, 0.15) is 0 Å². The van der Waals surface area contributed by atoms with Crippen LogP contribution in [-0.2, 0) is 0 Å². The molecule has 5 nitrogen and oxygen atoms in total. The zero-order chi connectivity index (χ0) is 17.6. The Kier molecular flexibility index (Phi) is 5.43. The zero-order valence-electron chi connectivity index (χ0n) is 14.4. The second-order valence-electron chi connectivity index (χ2n) is 6.44. The number of likely N-dealkylation sites (tertiary alicyclic amines) is 1. The first-order chi connectivity index (χ1) is 12.1. The summed E-state index contributed by atoms with van der Waals surface area (Å²) in [5.41, 5.74) is 1.79. The van der Waals surface area contributed by atoms with Crippen molar-refractivity contribution in [1.82, 2.24) is 15.2 Å². The van der Waals surface area contributed by atoms with Crippen molar-refractivity contribution in [3.63, 3.8) is 0 Å². The van der Waals surface area contributed by atoms with Gasteiger partial charge in [0.2, 0.25) is 0 Å². The van der Waals surface area contributed by atoms with Crippen molar-refractivity contribution >= 4 is 11.8 Å². The summed E-state index contributed by atoms with van der Waals surface area (Å²) >= 11 is 0. The average Bonchev–Trinajstić information content (AvgIpc) is 2.69. The molecule has 0 spiro atoms. The van der Waals surface area contributed by atoms with E-state index in [1.165, 1.54) is 0 Å². The van der Waals surface area contributed by atoms with Crippen LogP contribution >= 0.6 is 0 Å². The van der Waals surface area contributed by atoms with Crippen LogP contribution in [0.2, 0.25) is 0 Å². The van der Waals surface area contributed by atoms with E-state index < -0.39 is 0 Å². The first-order valence-electron chi connectivity index (χ1n) is 8.70. The predicted molar refractivity (Wildman–Crippen MR) is 96.3 cm³/mol. The lowest BCUT2D eigenvalue weighted by molar-refractivity contribution is 0.0853. The number of carbonyl (C=O) groups is 2. The molecule has 1 aliphatic rings. The predicted octanol–water partition coefficient (Wildman–Crippen LogP) is 3.45. The number of amides is 2. The first kappa shape index (κ1) is 17.1. The van der Waals surface area contributed by atoms with E-state index in [1.807, 2.05) is 49.4 Å². The summed E-state index contributed by atoms with van der Waals surface area (Å²) in [6.07, 6.45) is 4.87. The molecule has 130 valence electrons. The molecule has 1 aliphatic heterocycles. The molecule has 0 saturated carbocycles. The summed E-state index contributed by atoms with van der Waals surface area (Å²) in [7, 11) is 0. The van der Waals surface area contributed by atoms with Gasteiger partial charge in [-0.2, -0.15) is 0 Å². The van der Waals surface area contributed by atoms with E-state index in [4.69, 9.17) is 0 Å². The largest absolute Gasteiger partial charge is 0.331 e. The Morgan fingerprint density at radius 3 is 2.36 bits per heavy atom. The molecule has 0 radical (unpaired) electrons. The number of rotatable bonds is 4. The minimum absolute atomic E-state index is 0.00377. The summed E-state index contributed by atoms with van der Waals surface area (Å²) in [4.78, 5) is 30.7. The lowest BCUT2D eigenvalue weighted by Gasteiger charge is -2.32. The normalized spacial score (nSPS) is 16.3. The molecule has 1 aromatic heterocycles.